The fourth-order valence-electron chi connectivity index (χ4n) is 11.0. The second-order valence-corrected chi connectivity index (χ2v) is 27.3. The summed E-state index contributed by atoms with van der Waals surface area (Å²) in [5.74, 6) is -1.99. The molecular formula is C86H148NO8+. The number of hydrogen-bond donors (Lipinski definition) is 1. The van der Waals surface area contributed by atoms with Crippen molar-refractivity contribution in [2.24, 2.45) is 0 Å². The normalized spacial score (nSPS) is 13.4. The average Bonchev–Trinajstić information content (AvgIpc) is 2.92. The van der Waals surface area contributed by atoms with Crippen molar-refractivity contribution in [1.29, 1.82) is 0 Å². The van der Waals surface area contributed by atoms with E-state index >= 15 is 0 Å². The molecule has 2 unspecified atom stereocenters. The lowest BCUT2D eigenvalue weighted by Gasteiger charge is -2.25. The van der Waals surface area contributed by atoms with Crippen molar-refractivity contribution in [3.05, 3.63) is 134 Å². The monoisotopic (exact) mass is 1320 g/mol. The molecule has 0 spiro atoms. The van der Waals surface area contributed by atoms with Crippen LogP contribution in [-0.2, 0) is 33.3 Å². The van der Waals surface area contributed by atoms with Crippen molar-refractivity contribution < 1.29 is 42.9 Å². The molecule has 95 heavy (non-hydrogen) atoms. The third kappa shape index (κ3) is 76.7. The lowest BCUT2D eigenvalue weighted by Crippen LogP contribution is -2.40. The molecule has 544 valence electrons. The molecule has 0 saturated carbocycles. The highest BCUT2D eigenvalue weighted by atomic mass is 16.7. The Balaban J connectivity index is 4.03. The predicted octanol–water partition coefficient (Wildman–Crippen LogP) is 25.3. The Kier molecular flexibility index (Phi) is 71.6. The van der Waals surface area contributed by atoms with Crippen LogP contribution in [0.15, 0.2) is 134 Å². The first-order valence-electron chi connectivity index (χ1n) is 39.3. The Morgan fingerprint density at radius 2 is 0.568 bits per heavy atom. The maximum absolute atomic E-state index is 13.0. The van der Waals surface area contributed by atoms with E-state index in [2.05, 4.69) is 148 Å². The summed E-state index contributed by atoms with van der Waals surface area (Å²) in [5.41, 5.74) is 0. The minimum absolute atomic E-state index is 0.183. The van der Waals surface area contributed by atoms with E-state index in [4.69, 9.17) is 18.9 Å². The summed E-state index contributed by atoms with van der Waals surface area (Å²) in [6.45, 7) is 4.68. The minimum Gasteiger partial charge on any atom is -0.477 e. The third-order valence-corrected chi connectivity index (χ3v) is 16.9. The summed E-state index contributed by atoms with van der Waals surface area (Å²) in [6, 6.07) is 0. The van der Waals surface area contributed by atoms with E-state index in [1.54, 1.807) is 0 Å². The molecule has 0 saturated heterocycles. The Bertz CT molecular complexity index is 2030. The lowest BCUT2D eigenvalue weighted by molar-refractivity contribution is -0.870. The van der Waals surface area contributed by atoms with Crippen LogP contribution in [0.2, 0.25) is 0 Å². The molecular weight excluding hydrogens is 1170 g/mol. The van der Waals surface area contributed by atoms with Crippen LogP contribution in [0.4, 0.5) is 0 Å². The fourth-order valence-corrected chi connectivity index (χ4v) is 11.0. The molecule has 0 aliphatic carbocycles. The molecule has 9 heteroatoms. The zero-order valence-corrected chi connectivity index (χ0v) is 62.3. The van der Waals surface area contributed by atoms with Gasteiger partial charge in [0, 0.05) is 12.8 Å². The van der Waals surface area contributed by atoms with Gasteiger partial charge in [-0.2, -0.15) is 0 Å². The highest BCUT2D eigenvalue weighted by Crippen LogP contribution is 2.18. The van der Waals surface area contributed by atoms with Gasteiger partial charge in [-0.15, -0.1) is 0 Å². The standard InChI is InChI=1S/C86H147NO8/c1-6-8-10-12-14-16-18-20-22-24-26-28-30-32-34-36-38-39-40-41-42-43-44-45-47-49-51-53-55-57-59-61-63-65-67-69-71-73-75-77-84(89)95-82(81-94-86(85(90)91)92-79-78-87(3,4)5)80-93-83(88)76-74-72-70-68-66-64-62-60-58-56-54-52-50-48-46-37-35-33-31-29-27-25-23-21-19-17-15-13-11-9-7-2/h8-11,14-17,20-23,26-29,32,34,38-39,41-42,82,86H,6-7,12-13,18-19,24-25,30-31,33,35-37,40,43-81H2,1-5H3/p+1/b10-8-,11-9-,16-14-,17-15-,22-20-,23-21-,28-26-,29-27-,34-32-,39-38-,42-41-. The molecule has 0 fully saturated rings. The molecule has 0 rings (SSSR count). The van der Waals surface area contributed by atoms with Crippen LogP contribution in [-0.4, -0.2) is 87.4 Å². The number of hydrogen-bond acceptors (Lipinski definition) is 7. The number of ether oxygens (including phenoxy) is 4. The summed E-state index contributed by atoms with van der Waals surface area (Å²) in [7, 11) is 5.99. The van der Waals surface area contributed by atoms with Crippen LogP contribution in [0.5, 0.6) is 0 Å². The number of carbonyl (C=O) groups excluding carboxylic acids is 2. The summed E-state index contributed by atoms with van der Waals surface area (Å²) < 4.78 is 23.0. The number of quaternary nitrogens is 1. The lowest BCUT2D eigenvalue weighted by atomic mass is 10.0. The molecule has 2 atom stereocenters. The van der Waals surface area contributed by atoms with E-state index in [0.29, 0.717) is 17.4 Å². The Labute approximate surface area is 586 Å². The van der Waals surface area contributed by atoms with Gasteiger partial charge in [-0.3, -0.25) is 9.59 Å². The average molecular weight is 1320 g/mol. The second-order valence-electron chi connectivity index (χ2n) is 27.3. The third-order valence-electron chi connectivity index (χ3n) is 16.9. The first kappa shape index (κ1) is 90.4. The molecule has 0 aromatic rings. The maximum atomic E-state index is 13.0. The molecule has 0 aliphatic rings. The highest BCUT2D eigenvalue weighted by molar-refractivity contribution is 5.71. The first-order valence-corrected chi connectivity index (χ1v) is 39.3. The number of unbranched alkanes of at least 4 members (excludes halogenated alkanes) is 35. The molecule has 1 N–H and O–H groups in total. The number of allylic oxidation sites excluding steroid dienone is 22. The molecule has 0 heterocycles. The summed E-state index contributed by atoms with van der Waals surface area (Å²) in [6.07, 6.45) is 106. The number of carboxylic acids is 1. The Morgan fingerprint density at radius 3 is 0.842 bits per heavy atom. The fraction of sp³-hybridized carbons (Fsp3) is 0.709. The van der Waals surface area contributed by atoms with Crippen molar-refractivity contribution in [1.82, 2.24) is 0 Å². The topological polar surface area (TPSA) is 108 Å². The van der Waals surface area contributed by atoms with Crippen molar-refractivity contribution >= 4 is 17.9 Å². The van der Waals surface area contributed by atoms with Crippen LogP contribution >= 0.6 is 0 Å². The van der Waals surface area contributed by atoms with E-state index in [1.807, 2.05) is 21.1 Å². The first-order chi connectivity index (χ1) is 46.6. The SMILES string of the molecule is CC/C=C\C/C=C\C/C=C\C/C=C\C/C=C\C/C=C\C/C=C\CCCCCCCCCCCCCCCCCCCC(=O)OC(COC(=O)CCCCCCCCCCCCCCCCCCCC/C=C\C/C=C\C/C=C\C/C=C\CC)COC(OCC[N+](C)(C)C)C(=O)O. The highest BCUT2D eigenvalue weighted by Gasteiger charge is 2.25. The van der Waals surface area contributed by atoms with Gasteiger partial charge in [-0.05, 0) is 109 Å². The Morgan fingerprint density at radius 1 is 0.316 bits per heavy atom. The number of rotatable bonds is 72. The molecule has 9 nitrogen and oxygen atoms in total. The van der Waals surface area contributed by atoms with E-state index in [0.717, 1.165) is 109 Å². The van der Waals surface area contributed by atoms with Crippen LogP contribution in [0.1, 0.15) is 335 Å². The van der Waals surface area contributed by atoms with E-state index in [1.165, 1.54) is 199 Å². The van der Waals surface area contributed by atoms with Crippen molar-refractivity contribution in [2.75, 3.05) is 47.5 Å². The van der Waals surface area contributed by atoms with E-state index < -0.39 is 24.3 Å². The van der Waals surface area contributed by atoms with Gasteiger partial charge in [0.2, 0.25) is 0 Å². The van der Waals surface area contributed by atoms with Gasteiger partial charge in [0.25, 0.3) is 6.29 Å². The van der Waals surface area contributed by atoms with Crippen LogP contribution in [0.3, 0.4) is 0 Å². The van der Waals surface area contributed by atoms with Gasteiger partial charge in [0.1, 0.15) is 13.2 Å². The quantitative estimate of drug-likeness (QED) is 0.0211. The Hall–Kier alpha value is -4.57. The van der Waals surface area contributed by atoms with Gasteiger partial charge in [0.15, 0.2) is 6.10 Å². The van der Waals surface area contributed by atoms with Crippen LogP contribution in [0.25, 0.3) is 0 Å². The van der Waals surface area contributed by atoms with Gasteiger partial charge in [-0.25, -0.2) is 4.79 Å². The van der Waals surface area contributed by atoms with Crippen LogP contribution < -0.4 is 0 Å². The molecule has 0 radical (unpaired) electrons. The largest absolute Gasteiger partial charge is 0.477 e. The van der Waals surface area contributed by atoms with Crippen molar-refractivity contribution in [2.45, 2.75) is 347 Å². The minimum atomic E-state index is -1.52. The molecule has 0 aromatic heterocycles. The molecule has 0 aliphatic heterocycles. The summed E-state index contributed by atoms with van der Waals surface area (Å²) >= 11 is 0. The molecule has 0 amide bonds. The number of carbonyl (C=O) groups is 3. The molecule has 0 bridgehead atoms. The summed E-state index contributed by atoms with van der Waals surface area (Å²) in [4.78, 5) is 37.7. The van der Waals surface area contributed by atoms with Crippen LogP contribution in [0, 0.1) is 0 Å². The van der Waals surface area contributed by atoms with Crippen molar-refractivity contribution in [3.63, 3.8) is 0 Å². The van der Waals surface area contributed by atoms with Crippen molar-refractivity contribution in [3.8, 4) is 0 Å². The summed E-state index contributed by atoms with van der Waals surface area (Å²) in [5, 5.41) is 9.77. The molecule has 0 aromatic carbocycles. The number of likely N-dealkylation sites (N-methyl/N-ethyl adjacent to an activating group) is 1. The zero-order valence-electron chi connectivity index (χ0n) is 62.3. The number of esters is 2. The van der Waals surface area contributed by atoms with E-state index in [-0.39, 0.29) is 32.2 Å². The van der Waals surface area contributed by atoms with E-state index in [9.17, 15) is 19.5 Å². The number of carboxylic acid groups (broad SMARTS) is 1. The predicted molar refractivity (Wildman–Crippen MR) is 410 cm³/mol. The zero-order chi connectivity index (χ0) is 69.0. The number of aliphatic carboxylic acids is 1. The van der Waals surface area contributed by atoms with Gasteiger partial charge in [0.05, 0.1) is 34.4 Å². The van der Waals surface area contributed by atoms with Gasteiger partial charge >= 0.3 is 17.9 Å². The maximum Gasteiger partial charge on any atom is 0.361 e. The second kappa shape index (κ2) is 75.2. The van der Waals surface area contributed by atoms with Gasteiger partial charge in [-0.1, -0.05) is 347 Å². The number of nitrogens with zero attached hydrogens (tertiary/aromatic N) is 1. The van der Waals surface area contributed by atoms with Gasteiger partial charge < -0.3 is 28.5 Å². The smallest absolute Gasteiger partial charge is 0.361 e.